The van der Waals surface area contributed by atoms with E-state index in [9.17, 15) is 4.79 Å². The van der Waals surface area contributed by atoms with Crippen molar-refractivity contribution >= 4 is 22.4 Å². The van der Waals surface area contributed by atoms with E-state index in [2.05, 4.69) is 9.88 Å². The zero-order chi connectivity index (χ0) is 11.4. The van der Waals surface area contributed by atoms with Crippen LogP contribution in [0.1, 0.15) is 25.5 Å². The van der Waals surface area contributed by atoms with Crippen LogP contribution in [0.3, 0.4) is 0 Å². The third-order valence-corrected chi connectivity index (χ3v) is 3.51. The van der Waals surface area contributed by atoms with Crippen LogP contribution in [-0.4, -0.2) is 30.6 Å². The van der Waals surface area contributed by atoms with Crippen LogP contribution >= 0.6 is 11.3 Å². The van der Waals surface area contributed by atoms with Gasteiger partial charge in [0.25, 0.3) is 0 Å². The lowest BCUT2D eigenvalue weighted by Gasteiger charge is -2.30. The lowest BCUT2D eigenvalue weighted by atomic mass is 10.2. The highest BCUT2D eigenvalue weighted by Gasteiger charge is 2.17. The van der Waals surface area contributed by atoms with Crippen LogP contribution in [0, 0.1) is 0 Å². The molecule has 0 N–H and O–H groups in total. The van der Waals surface area contributed by atoms with E-state index < -0.39 is 0 Å². The van der Waals surface area contributed by atoms with Crippen molar-refractivity contribution in [2.24, 2.45) is 0 Å². The summed E-state index contributed by atoms with van der Waals surface area (Å²) in [5.41, 5.74) is 1.000. The first-order valence-electron chi connectivity index (χ1n) is 5.64. The van der Waals surface area contributed by atoms with Crippen molar-refractivity contribution in [3.63, 3.8) is 0 Å². The molecular weight excluding hydrogens is 224 g/mol. The second-order valence-electron chi connectivity index (χ2n) is 3.77. The maximum atomic E-state index is 11.2. The number of carbonyl (C=O) groups excluding carboxylic acids is 1. The zero-order valence-corrected chi connectivity index (χ0v) is 10.3. The Kier molecular flexibility index (Phi) is 3.77. The number of aryl methyl sites for hydroxylation is 1. The molecular formula is C11H16N2O2S. The number of nitrogens with zero attached hydrogens (tertiary/aromatic N) is 2. The van der Waals surface area contributed by atoms with Crippen LogP contribution in [-0.2, 0) is 16.0 Å². The van der Waals surface area contributed by atoms with Crippen LogP contribution in [0.15, 0.2) is 5.38 Å². The van der Waals surface area contributed by atoms with Gasteiger partial charge < -0.3 is 9.64 Å². The third-order valence-electron chi connectivity index (χ3n) is 2.56. The highest BCUT2D eigenvalue weighted by atomic mass is 32.1. The number of carbonyl (C=O) groups is 1. The molecule has 0 aromatic carbocycles. The molecule has 1 aliphatic heterocycles. The summed E-state index contributed by atoms with van der Waals surface area (Å²) in [7, 11) is 0. The van der Waals surface area contributed by atoms with Crippen molar-refractivity contribution in [1.29, 1.82) is 0 Å². The van der Waals surface area contributed by atoms with Gasteiger partial charge in [-0.3, -0.25) is 4.79 Å². The number of esters is 1. The standard InChI is InChI=1S/C11H16N2O2S/c1-2-15-10(14)5-4-9-8-16-11(12-9)13-6-3-7-13/h8H,2-7H2,1H3. The van der Waals surface area contributed by atoms with Crippen LogP contribution in [0.4, 0.5) is 5.13 Å². The summed E-state index contributed by atoms with van der Waals surface area (Å²) in [4.78, 5) is 17.9. The SMILES string of the molecule is CCOC(=O)CCc1csc(N2CCC2)n1. The van der Waals surface area contributed by atoms with Gasteiger partial charge in [-0.25, -0.2) is 4.98 Å². The van der Waals surface area contributed by atoms with Crippen LogP contribution in [0.25, 0.3) is 0 Å². The quantitative estimate of drug-likeness (QED) is 0.737. The van der Waals surface area contributed by atoms with E-state index in [1.807, 2.05) is 12.3 Å². The van der Waals surface area contributed by atoms with E-state index in [0.717, 1.165) is 23.9 Å². The van der Waals surface area contributed by atoms with Gasteiger partial charge in [-0.1, -0.05) is 0 Å². The highest BCUT2D eigenvalue weighted by molar-refractivity contribution is 7.13. The van der Waals surface area contributed by atoms with Crippen LogP contribution in [0.2, 0.25) is 0 Å². The number of hydrogen-bond acceptors (Lipinski definition) is 5. The van der Waals surface area contributed by atoms with Gasteiger partial charge in [0.15, 0.2) is 5.13 Å². The molecule has 1 aromatic heterocycles. The number of rotatable bonds is 5. The Morgan fingerprint density at radius 3 is 3.06 bits per heavy atom. The van der Waals surface area contributed by atoms with Gasteiger partial charge in [-0.05, 0) is 13.3 Å². The van der Waals surface area contributed by atoms with Crippen molar-refractivity contribution in [3.05, 3.63) is 11.1 Å². The van der Waals surface area contributed by atoms with E-state index in [1.54, 1.807) is 11.3 Å². The molecule has 0 atom stereocenters. The summed E-state index contributed by atoms with van der Waals surface area (Å²) in [5.74, 6) is -0.138. The van der Waals surface area contributed by atoms with Crippen molar-refractivity contribution in [1.82, 2.24) is 4.98 Å². The molecule has 2 rings (SSSR count). The topological polar surface area (TPSA) is 42.4 Å². The van der Waals surface area contributed by atoms with Gasteiger partial charge in [-0.2, -0.15) is 0 Å². The summed E-state index contributed by atoms with van der Waals surface area (Å²) in [6.07, 6.45) is 2.37. The maximum absolute atomic E-state index is 11.2. The summed E-state index contributed by atoms with van der Waals surface area (Å²) >= 11 is 1.66. The minimum atomic E-state index is -0.138. The first kappa shape index (κ1) is 11.4. The van der Waals surface area contributed by atoms with Gasteiger partial charge in [0, 0.05) is 24.9 Å². The number of aromatic nitrogens is 1. The fourth-order valence-corrected chi connectivity index (χ4v) is 2.44. The third kappa shape index (κ3) is 2.72. The normalized spacial score (nSPS) is 14.7. The summed E-state index contributed by atoms with van der Waals surface area (Å²) in [6, 6.07) is 0. The number of anilines is 1. The molecule has 4 nitrogen and oxygen atoms in total. The Morgan fingerprint density at radius 1 is 1.62 bits per heavy atom. The molecule has 5 heteroatoms. The molecule has 0 aliphatic carbocycles. The van der Waals surface area contributed by atoms with E-state index in [-0.39, 0.29) is 5.97 Å². The second kappa shape index (κ2) is 5.30. The molecule has 1 fully saturated rings. The largest absolute Gasteiger partial charge is 0.466 e. The van der Waals surface area contributed by atoms with Crippen molar-refractivity contribution in [3.8, 4) is 0 Å². The fourth-order valence-electron chi connectivity index (χ4n) is 1.53. The van der Waals surface area contributed by atoms with Gasteiger partial charge in [0.2, 0.25) is 0 Å². The molecule has 0 bridgehead atoms. The van der Waals surface area contributed by atoms with Crippen molar-refractivity contribution < 1.29 is 9.53 Å². The molecule has 1 aromatic rings. The van der Waals surface area contributed by atoms with E-state index in [1.165, 1.54) is 6.42 Å². The van der Waals surface area contributed by atoms with E-state index >= 15 is 0 Å². The zero-order valence-electron chi connectivity index (χ0n) is 9.44. The molecule has 0 spiro atoms. The first-order valence-corrected chi connectivity index (χ1v) is 6.52. The Hall–Kier alpha value is -1.10. The Balaban J connectivity index is 1.80. The van der Waals surface area contributed by atoms with E-state index in [0.29, 0.717) is 19.4 Å². The summed E-state index contributed by atoms with van der Waals surface area (Å²) in [6.45, 7) is 4.51. The Morgan fingerprint density at radius 2 is 2.44 bits per heavy atom. The lowest BCUT2D eigenvalue weighted by Crippen LogP contribution is -2.36. The molecule has 88 valence electrons. The minimum Gasteiger partial charge on any atom is -0.466 e. The summed E-state index contributed by atoms with van der Waals surface area (Å²) in [5, 5.41) is 3.12. The van der Waals surface area contributed by atoms with Gasteiger partial charge in [-0.15, -0.1) is 11.3 Å². The number of ether oxygens (including phenoxy) is 1. The highest BCUT2D eigenvalue weighted by Crippen LogP contribution is 2.25. The average molecular weight is 240 g/mol. The Labute approximate surface area is 99.2 Å². The molecule has 2 heterocycles. The Bertz CT molecular complexity index is 361. The predicted octanol–water partition coefficient (Wildman–Crippen LogP) is 1.85. The monoisotopic (exact) mass is 240 g/mol. The molecule has 0 amide bonds. The molecule has 0 radical (unpaired) electrons. The number of thiazole rings is 1. The maximum Gasteiger partial charge on any atom is 0.306 e. The first-order chi connectivity index (χ1) is 7.79. The van der Waals surface area contributed by atoms with Gasteiger partial charge in [0.05, 0.1) is 18.7 Å². The molecule has 0 unspecified atom stereocenters. The van der Waals surface area contributed by atoms with Crippen LogP contribution in [0.5, 0.6) is 0 Å². The predicted molar refractivity (Wildman–Crippen MR) is 63.9 cm³/mol. The summed E-state index contributed by atoms with van der Waals surface area (Å²) < 4.78 is 4.88. The molecule has 0 saturated carbocycles. The van der Waals surface area contributed by atoms with Gasteiger partial charge in [0.1, 0.15) is 0 Å². The minimum absolute atomic E-state index is 0.138. The van der Waals surface area contributed by atoms with E-state index in [4.69, 9.17) is 4.74 Å². The fraction of sp³-hybridized carbons (Fsp3) is 0.636. The second-order valence-corrected chi connectivity index (χ2v) is 4.60. The lowest BCUT2D eigenvalue weighted by molar-refractivity contribution is -0.143. The van der Waals surface area contributed by atoms with Crippen molar-refractivity contribution in [2.45, 2.75) is 26.2 Å². The smallest absolute Gasteiger partial charge is 0.306 e. The molecule has 16 heavy (non-hydrogen) atoms. The average Bonchev–Trinajstić information content (AvgIpc) is 2.61. The van der Waals surface area contributed by atoms with Crippen molar-refractivity contribution in [2.75, 3.05) is 24.6 Å². The van der Waals surface area contributed by atoms with Gasteiger partial charge >= 0.3 is 5.97 Å². The molecule has 1 saturated heterocycles. The molecule has 1 aliphatic rings. The number of hydrogen-bond donors (Lipinski definition) is 0. The van der Waals surface area contributed by atoms with Crippen LogP contribution < -0.4 is 4.90 Å².